The fourth-order valence-corrected chi connectivity index (χ4v) is 2.71. The maximum atomic E-state index is 13.7. The number of nitrogens with two attached hydrogens (primary N) is 1. The van der Waals surface area contributed by atoms with Gasteiger partial charge in [-0.3, -0.25) is 4.90 Å². The summed E-state index contributed by atoms with van der Waals surface area (Å²) in [6, 6.07) is 11.1. The summed E-state index contributed by atoms with van der Waals surface area (Å²) in [5.74, 6) is -0.905. The van der Waals surface area contributed by atoms with Crippen LogP contribution < -0.4 is 5.73 Å². The molecule has 0 spiro atoms. The van der Waals surface area contributed by atoms with Gasteiger partial charge in [0.25, 0.3) is 0 Å². The number of halogens is 2. The molecule has 4 heteroatoms. The Morgan fingerprint density at radius 1 is 1.05 bits per heavy atom. The molecule has 1 unspecified atom stereocenters. The van der Waals surface area contributed by atoms with E-state index < -0.39 is 17.7 Å². The summed E-state index contributed by atoms with van der Waals surface area (Å²) >= 11 is 0. The van der Waals surface area contributed by atoms with E-state index in [4.69, 9.17) is 5.73 Å². The zero-order valence-corrected chi connectivity index (χ0v) is 11.0. The van der Waals surface area contributed by atoms with Crippen LogP contribution in [0.5, 0.6) is 0 Å². The van der Waals surface area contributed by atoms with Gasteiger partial charge in [0.1, 0.15) is 11.6 Å². The third-order valence-corrected chi connectivity index (χ3v) is 3.72. The molecule has 0 amide bonds. The highest BCUT2D eigenvalue weighted by atomic mass is 19.1. The van der Waals surface area contributed by atoms with E-state index in [2.05, 4.69) is 17.0 Å². The van der Waals surface area contributed by atoms with E-state index in [0.717, 1.165) is 25.2 Å². The first kappa shape index (κ1) is 13.2. The third-order valence-electron chi connectivity index (χ3n) is 3.72. The van der Waals surface area contributed by atoms with Crippen molar-refractivity contribution >= 4 is 0 Å². The molecule has 0 saturated carbocycles. The Bertz CT molecular complexity index is 603. The van der Waals surface area contributed by atoms with Crippen LogP contribution in [0.15, 0.2) is 42.5 Å². The lowest BCUT2D eigenvalue weighted by Gasteiger charge is -2.21. The van der Waals surface area contributed by atoms with E-state index in [1.54, 1.807) is 0 Å². The Kier molecular flexibility index (Phi) is 3.51. The molecule has 1 heterocycles. The number of rotatable bonds is 3. The molecule has 0 aromatic heterocycles. The molecule has 0 bridgehead atoms. The maximum Gasteiger partial charge on any atom is 0.128 e. The van der Waals surface area contributed by atoms with E-state index in [9.17, 15) is 8.78 Å². The van der Waals surface area contributed by atoms with Crippen molar-refractivity contribution in [3.8, 4) is 0 Å². The summed E-state index contributed by atoms with van der Waals surface area (Å²) in [4.78, 5) is 2.15. The van der Waals surface area contributed by atoms with E-state index in [1.165, 1.54) is 17.2 Å². The van der Waals surface area contributed by atoms with Gasteiger partial charge in [0.15, 0.2) is 0 Å². The number of benzene rings is 2. The molecule has 0 aliphatic carbocycles. The summed E-state index contributed by atoms with van der Waals surface area (Å²) in [6.07, 6.45) is 0. The molecule has 1 aliphatic heterocycles. The quantitative estimate of drug-likeness (QED) is 0.932. The van der Waals surface area contributed by atoms with Crippen molar-refractivity contribution in [3.63, 3.8) is 0 Å². The van der Waals surface area contributed by atoms with Gasteiger partial charge >= 0.3 is 0 Å². The first-order chi connectivity index (χ1) is 9.63. The summed E-state index contributed by atoms with van der Waals surface area (Å²) in [5, 5.41) is 0. The lowest BCUT2D eigenvalue weighted by molar-refractivity contribution is 0.264. The van der Waals surface area contributed by atoms with Crippen molar-refractivity contribution in [2.75, 3.05) is 6.54 Å². The molecule has 2 aromatic carbocycles. The van der Waals surface area contributed by atoms with Crippen LogP contribution in [0, 0.1) is 11.6 Å². The number of hydrogen-bond acceptors (Lipinski definition) is 2. The summed E-state index contributed by atoms with van der Waals surface area (Å²) in [5.41, 5.74) is 8.82. The molecule has 2 aromatic rings. The van der Waals surface area contributed by atoms with Gasteiger partial charge in [0, 0.05) is 31.2 Å². The molecule has 0 fully saturated rings. The second-order valence-corrected chi connectivity index (χ2v) is 5.21. The van der Waals surface area contributed by atoms with Crippen molar-refractivity contribution in [1.29, 1.82) is 0 Å². The average Bonchev–Trinajstić information content (AvgIpc) is 2.83. The van der Waals surface area contributed by atoms with Crippen molar-refractivity contribution in [1.82, 2.24) is 4.90 Å². The molecular formula is C16H16F2N2. The van der Waals surface area contributed by atoms with Crippen LogP contribution in [0.3, 0.4) is 0 Å². The molecule has 2 nitrogen and oxygen atoms in total. The van der Waals surface area contributed by atoms with Crippen LogP contribution in [0.2, 0.25) is 0 Å². The van der Waals surface area contributed by atoms with Gasteiger partial charge in [-0.1, -0.05) is 24.3 Å². The van der Waals surface area contributed by atoms with Gasteiger partial charge in [-0.05, 0) is 29.3 Å². The standard InChI is InChI=1S/C16H16F2N2/c17-13-5-6-15(18)14(7-13)16(19)10-20-8-11-3-1-2-4-12(11)9-20/h1-7,16H,8-10,19H2. The van der Waals surface area contributed by atoms with Gasteiger partial charge in [0.2, 0.25) is 0 Å². The Balaban J connectivity index is 1.72. The van der Waals surface area contributed by atoms with Gasteiger partial charge in [0.05, 0.1) is 0 Å². The van der Waals surface area contributed by atoms with E-state index in [0.29, 0.717) is 6.54 Å². The number of fused-ring (bicyclic) bond motifs is 1. The SMILES string of the molecule is NC(CN1Cc2ccccc2C1)c1cc(F)ccc1F. The highest BCUT2D eigenvalue weighted by Gasteiger charge is 2.22. The van der Waals surface area contributed by atoms with Crippen molar-refractivity contribution in [3.05, 3.63) is 70.8 Å². The zero-order chi connectivity index (χ0) is 14.1. The van der Waals surface area contributed by atoms with Crippen molar-refractivity contribution in [2.45, 2.75) is 19.1 Å². The second kappa shape index (κ2) is 5.31. The molecule has 20 heavy (non-hydrogen) atoms. The molecular weight excluding hydrogens is 258 g/mol. The maximum absolute atomic E-state index is 13.7. The largest absolute Gasteiger partial charge is 0.323 e. The van der Waals surface area contributed by atoms with Gasteiger partial charge in [-0.25, -0.2) is 8.78 Å². The smallest absolute Gasteiger partial charge is 0.128 e. The fraction of sp³-hybridized carbons (Fsp3) is 0.250. The van der Waals surface area contributed by atoms with Crippen LogP contribution in [-0.2, 0) is 13.1 Å². The van der Waals surface area contributed by atoms with Gasteiger partial charge < -0.3 is 5.73 Å². The minimum atomic E-state index is -0.528. The Labute approximate surface area is 116 Å². The number of nitrogens with zero attached hydrogens (tertiary/aromatic N) is 1. The molecule has 2 N–H and O–H groups in total. The molecule has 104 valence electrons. The highest BCUT2D eigenvalue weighted by molar-refractivity contribution is 5.30. The zero-order valence-electron chi connectivity index (χ0n) is 11.0. The predicted octanol–water partition coefficient (Wildman–Crippen LogP) is 2.98. The Morgan fingerprint density at radius 2 is 1.70 bits per heavy atom. The average molecular weight is 274 g/mol. The van der Waals surface area contributed by atoms with Crippen LogP contribution in [-0.4, -0.2) is 11.4 Å². The first-order valence-corrected chi connectivity index (χ1v) is 6.63. The second-order valence-electron chi connectivity index (χ2n) is 5.21. The highest BCUT2D eigenvalue weighted by Crippen LogP contribution is 2.25. The van der Waals surface area contributed by atoms with Gasteiger partial charge in [-0.2, -0.15) is 0 Å². The first-order valence-electron chi connectivity index (χ1n) is 6.63. The summed E-state index contributed by atoms with van der Waals surface area (Å²) in [7, 11) is 0. The lowest BCUT2D eigenvalue weighted by atomic mass is 10.1. The summed E-state index contributed by atoms with van der Waals surface area (Å²) < 4.78 is 26.9. The lowest BCUT2D eigenvalue weighted by Crippen LogP contribution is -2.29. The minimum Gasteiger partial charge on any atom is -0.323 e. The summed E-state index contributed by atoms with van der Waals surface area (Å²) in [6.45, 7) is 2.12. The van der Waals surface area contributed by atoms with Crippen molar-refractivity contribution in [2.24, 2.45) is 5.73 Å². The minimum absolute atomic E-state index is 0.237. The fourth-order valence-electron chi connectivity index (χ4n) is 2.71. The molecule has 3 rings (SSSR count). The molecule has 0 saturated heterocycles. The van der Waals surface area contributed by atoms with E-state index in [1.807, 2.05) is 12.1 Å². The molecule has 0 radical (unpaired) electrons. The Hall–Kier alpha value is -1.78. The van der Waals surface area contributed by atoms with E-state index in [-0.39, 0.29) is 5.56 Å². The predicted molar refractivity (Wildman–Crippen MR) is 73.8 cm³/mol. The number of hydrogen-bond donors (Lipinski definition) is 1. The van der Waals surface area contributed by atoms with Crippen LogP contribution in [0.1, 0.15) is 22.7 Å². The van der Waals surface area contributed by atoms with Gasteiger partial charge in [-0.15, -0.1) is 0 Å². The molecule has 1 atom stereocenters. The van der Waals surface area contributed by atoms with Crippen LogP contribution in [0.4, 0.5) is 8.78 Å². The van der Waals surface area contributed by atoms with E-state index >= 15 is 0 Å². The van der Waals surface area contributed by atoms with Crippen molar-refractivity contribution < 1.29 is 8.78 Å². The topological polar surface area (TPSA) is 29.3 Å². The third kappa shape index (κ3) is 2.57. The van der Waals surface area contributed by atoms with Crippen LogP contribution in [0.25, 0.3) is 0 Å². The Morgan fingerprint density at radius 3 is 2.35 bits per heavy atom. The van der Waals surface area contributed by atoms with Crippen LogP contribution >= 0.6 is 0 Å². The normalized spacial score (nSPS) is 16.1. The monoisotopic (exact) mass is 274 g/mol. The molecule has 1 aliphatic rings.